The van der Waals surface area contributed by atoms with Crippen LogP contribution in [0, 0.1) is 0 Å². The van der Waals surface area contributed by atoms with Crippen LogP contribution in [-0.2, 0) is 15.1 Å². The normalized spacial score (nSPS) is 12.9. The van der Waals surface area contributed by atoms with Gasteiger partial charge in [0.2, 0.25) is 5.83 Å². The maximum Gasteiger partial charge on any atom is 0.442 e. The fourth-order valence-corrected chi connectivity index (χ4v) is 1.81. The topological polar surface area (TPSA) is 26.3 Å². The second kappa shape index (κ2) is 5.90. The van der Waals surface area contributed by atoms with Crippen molar-refractivity contribution in [2.75, 3.05) is 0 Å². The summed E-state index contributed by atoms with van der Waals surface area (Å²) in [6.07, 6.45) is -12.2. The van der Waals surface area contributed by atoms with Crippen LogP contribution in [0.1, 0.15) is 5.56 Å². The number of hydrogen-bond donors (Lipinski definition) is 0. The van der Waals surface area contributed by atoms with Crippen LogP contribution in [0.3, 0.4) is 0 Å². The van der Waals surface area contributed by atoms with E-state index in [4.69, 9.17) is 0 Å². The highest BCUT2D eigenvalue weighted by atomic mass is 79.9. The summed E-state index contributed by atoms with van der Waals surface area (Å²) in [5.41, 5.74) is -6.43. The second-order valence-electron chi connectivity index (χ2n) is 3.98. The number of hydrogen-bond acceptors (Lipinski definition) is 2. The molecule has 22 heavy (non-hydrogen) atoms. The zero-order valence-corrected chi connectivity index (χ0v) is 11.9. The smallest absolute Gasteiger partial charge is 0.429 e. The van der Waals surface area contributed by atoms with E-state index in [1.54, 1.807) is 0 Å². The summed E-state index contributed by atoms with van der Waals surface area (Å²) in [4.78, 5) is 11.0. The highest BCUT2D eigenvalue weighted by Gasteiger charge is 2.75. The van der Waals surface area contributed by atoms with E-state index in [9.17, 15) is 35.5 Å². The number of benzene rings is 1. The molecular formula is C12H6BrF7O2. The first-order valence-corrected chi connectivity index (χ1v) is 6.09. The Morgan fingerprint density at radius 3 is 1.73 bits per heavy atom. The average molecular weight is 395 g/mol. The number of esters is 1. The van der Waals surface area contributed by atoms with Crippen LogP contribution in [0.2, 0.25) is 0 Å². The Morgan fingerprint density at radius 1 is 1.00 bits per heavy atom. The average Bonchev–Trinajstić information content (AvgIpc) is 2.33. The van der Waals surface area contributed by atoms with Gasteiger partial charge in [-0.1, -0.05) is 34.6 Å². The standard InChI is InChI=1S/C12H6BrF7O2/c1-6(14)9(21)22-10(11(15,16)17,12(18,19)20)7-2-4-8(13)5-3-7/h2-5H,1H2. The Kier molecular flexibility index (Phi) is 4.95. The number of rotatable bonds is 3. The lowest BCUT2D eigenvalue weighted by Crippen LogP contribution is -2.56. The third kappa shape index (κ3) is 3.26. The molecule has 1 rings (SSSR count). The van der Waals surface area contributed by atoms with Gasteiger partial charge in [-0.05, 0) is 12.1 Å². The van der Waals surface area contributed by atoms with Gasteiger partial charge in [0.05, 0.1) is 0 Å². The Bertz CT molecular complexity index is 561. The van der Waals surface area contributed by atoms with E-state index in [-0.39, 0.29) is 4.47 Å². The number of carbonyl (C=O) groups excluding carboxylic acids is 1. The molecular weight excluding hydrogens is 389 g/mol. The Balaban J connectivity index is 3.63. The van der Waals surface area contributed by atoms with E-state index < -0.39 is 35.3 Å². The van der Waals surface area contributed by atoms with Crippen LogP contribution < -0.4 is 0 Å². The summed E-state index contributed by atoms with van der Waals surface area (Å²) in [6, 6.07) is 2.69. The van der Waals surface area contributed by atoms with Crippen molar-refractivity contribution >= 4 is 21.9 Å². The molecule has 0 saturated heterocycles. The Labute approximate surface area is 127 Å². The predicted octanol–water partition coefficient (Wildman–Crippen LogP) is 4.80. The molecule has 0 heterocycles. The Morgan fingerprint density at radius 2 is 1.41 bits per heavy atom. The first-order chi connectivity index (χ1) is 9.83. The summed E-state index contributed by atoms with van der Waals surface area (Å²) >= 11 is 2.84. The highest BCUT2D eigenvalue weighted by molar-refractivity contribution is 9.10. The lowest BCUT2D eigenvalue weighted by Gasteiger charge is -2.36. The number of ether oxygens (including phenoxy) is 1. The molecule has 0 unspecified atom stereocenters. The van der Waals surface area contributed by atoms with E-state index >= 15 is 0 Å². The van der Waals surface area contributed by atoms with Crippen LogP contribution in [0.15, 0.2) is 41.1 Å². The van der Waals surface area contributed by atoms with Gasteiger partial charge in [0.15, 0.2) is 0 Å². The van der Waals surface area contributed by atoms with Gasteiger partial charge in [0.25, 0.3) is 0 Å². The van der Waals surface area contributed by atoms with Gasteiger partial charge < -0.3 is 4.74 Å². The zero-order chi connectivity index (χ0) is 17.3. The van der Waals surface area contributed by atoms with Gasteiger partial charge >= 0.3 is 23.9 Å². The summed E-state index contributed by atoms with van der Waals surface area (Å²) in [5.74, 6) is -4.55. The van der Waals surface area contributed by atoms with Crippen LogP contribution in [0.25, 0.3) is 0 Å². The van der Waals surface area contributed by atoms with Crippen molar-refractivity contribution in [3.8, 4) is 0 Å². The van der Waals surface area contributed by atoms with Crippen molar-refractivity contribution in [1.29, 1.82) is 0 Å². The molecule has 0 spiro atoms. The van der Waals surface area contributed by atoms with Gasteiger partial charge in [-0.15, -0.1) is 0 Å². The molecule has 0 aliphatic heterocycles. The third-order valence-corrected chi connectivity index (χ3v) is 3.05. The van der Waals surface area contributed by atoms with Gasteiger partial charge in [-0.3, -0.25) is 0 Å². The molecule has 0 atom stereocenters. The molecule has 1 aromatic rings. The first-order valence-electron chi connectivity index (χ1n) is 5.30. The van der Waals surface area contributed by atoms with E-state index in [1.165, 1.54) is 0 Å². The van der Waals surface area contributed by atoms with Gasteiger partial charge in [-0.25, -0.2) is 4.79 Å². The molecule has 0 bridgehead atoms. The van der Waals surface area contributed by atoms with Gasteiger partial charge in [0.1, 0.15) is 0 Å². The Hall–Kier alpha value is -1.58. The van der Waals surface area contributed by atoms with Gasteiger partial charge in [-0.2, -0.15) is 30.7 Å². The van der Waals surface area contributed by atoms with Crippen molar-refractivity contribution in [1.82, 2.24) is 0 Å². The maximum absolute atomic E-state index is 13.1. The molecule has 0 radical (unpaired) electrons. The summed E-state index contributed by atoms with van der Waals surface area (Å²) in [6.45, 7) is 2.33. The third-order valence-electron chi connectivity index (χ3n) is 2.52. The van der Waals surface area contributed by atoms with Crippen LogP contribution in [0.4, 0.5) is 30.7 Å². The number of halogens is 8. The first kappa shape index (κ1) is 18.5. The zero-order valence-electron chi connectivity index (χ0n) is 10.4. The molecule has 0 aromatic heterocycles. The minimum atomic E-state index is -6.08. The van der Waals surface area contributed by atoms with Crippen molar-refractivity contribution in [3.63, 3.8) is 0 Å². The minimum absolute atomic E-state index is 0.190. The van der Waals surface area contributed by atoms with Crippen molar-refractivity contribution in [2.24, 2.45) is 0 Å². The fraction of sp³-hybridized carbons (Fsp3) is 0.250. The molecule has 0 aliphatic rings. The molecule has 0 N–H and O–H groups in total. The fourth-order valence-electron chi connectivity index (χ4n) is 1.54. The lowest BCUT2D eigenvalue weighted by atomic mass is 9.92. The SMILES string of the molecule is C=C(F)C(=O)OC(c1ccc(Br)cc1)(C(F)(F)F)C(F)(F)F. The quantitative estimate of drug-likeness (QED) is 0.418. The van der Waals surface area contributed by atoms with Crippen LogP contribution in [-0.4, -0.2) is 18.3 Å². The minimum Gasteiger partial charge on any atom is -0.429 e. The van der Waals surface area contributed by atoms with Crippen LogP contribution in [0.5, 0.6) is 0 Å². The molecule has 0 fully saturated rings. The lowest BCUT2D eigenvalue weighted by molar-refractivity contribution is -0.377. The van der Waals surface area contributed by atoms with E-state index in [1.807, 2.05) is 0 Å². The van der Waals surface area contributed by atoms with E-state index in [0.717, 1.165) is 12.1 Å². The second-order valence-corrected chi connectivity index (χ2v) is 4.89. The van der Waals surface area contributed by atoms with Crippen molar-refractivity contribution in [2.45, 2.75) is 18.0 Å². The van der Waals surface area contributed by atoms with E-state index in [0.29, 0.717) is 12.1 Å². The number of alkyl halides is 6. The van der Waals surface area contributed by atoms with Crippen molar-refractivity contribution in [3.05, 3.63) is 46.7 Å². The molecule has 0 saturated carbocycles. The molecule has 1 aromatic carbocycles. The predicted molar refractivity (Wildman–Crippen MR) is 64.3 cm³/mol. The number of carbonyl (C=O) groups is 1. The van der Waals surface area contributed by atoms with Gasteiger partial charge in [0, 0.05) is 10.0 Å². The molecule has 0 aliphatic carbocycles. The maximum atomic E-state index is 13.1. The van der Waals surface area contributed by atoms with E-state index in [2.05, 4.69) is 27.2 Å². The summed E-state index contributed by atoms with van der Waals surface area (Å²) in [5, 5.41) is 0. The van der Waals surface area contributed by atoms with Crippen LogP contribution >= 0.6 is 15.9 Å². The molecule has 0 amide bonds. The molecule has 10 heteroatoms. The molecule has 2 nitrogen and oxygen atoms in total. The summed E-state index contributed by atoms with van der Waals surface area (Å²) < 4.78 is 95.0. The monoisotopic (exact) mass is 394 g/mol. The molecule has 122 valence electrons. The largest absolute Gasteiger partial charge is 0.442 e. The van der Waals surface area contributed by atoms with Crippen molar-refractivity contribution < 1.29 is 40.3 Å². The highest BCUT2D eigenvalue weighted by Crippen LogP contribution is 2.53. The summed E-state index contributed by atoms with van der Waals surface area (Å²) in [7, 11) is 0.